The van der Waals surface area contributed by atoms with E-state index in [1.807, 2.05) is 11.0 Å². The fourth-order valence-corrected chi connectivity index (χ4v) is 5.28. The highest BCUT2D eigenvalue weighted by Crippen LogP contribution is 2.27. The number of benzene rings is 1. The molecule has 8 nitrogen and oxygen atoms in total. The van der Waals surface area contributed by atoms with Gasteiger partial charge in [0, 0.05) is 44.5 Å². The molecule has 0 radical (unpaired) electrons. The smallest absolute Gasteiger partial charge is 0.269 e. The van der Waals surface area contributed by atoms with Crippen LogP contribution in [-0.4, -0.2) is 42.3 Å². The summed E-state index contributed by atoms with van der Waals surface area (Å²) >= 11 is 0. The summed E-state index contributed by atoms with van der Waals surface area (Å²) in [6, 6.07) is 8.28. The van der Waals surface area contributed by atoms with E-state index in [9.17, 15) is 18.5 Å². The third-order valence-corrected chi connectivity index (χ3v) is 7.29. The second-order valence-electron chi connectivity index (χ2n) is 7.20. The first-order valence-electron chi connectivity index (χ1n) is 9.42. The van der Waals surface area contributed by atoms with E-state index in [4.69, 9.17) is 0 Å². The van der Waals surface area contributed by atoms with Gasteiger partial charge in [-0.1, -0.05) is 12.5 Å². The lowest BCUT2D eigenvalue weighted by Crippen LogP contribution is -2.35. The van der Waals surface area contributed by atoms with Gasteiger partial charge in [0.2, 0.25) is 10.0 Å². The molecular formula is C19H22N4O4S. The molecule has 2 aliphatic heterocycles. The minimum Gasteiger partial charge on any atom is -0.352 e. The van der Waals surface area contributed by atoms with Crippen molar-refractivity contribution in [3.63, 3.8) is 0 Å². The molecule has 1 saturated heterocycles. The molecule has 3 heterocycles. The molecule has 2 aromatic rings. The predicted molar refractivity (Wildman–Crippen MR) is 105 cm³/mol. The van der Waals surface area contributed by atoms with Crippen LogP contribution in [0.2, 0.25) is 0 Å². The summed E-state index contributed by atoms with van der Waals surface area (Å²) in [5.74, 6) is 0.676. The second kappa shape index (κ2) is 7.48. The average Bonchev–Trinajstić information content (AvgIpc) is 2.73. The van der Waals surface area contributed by atoms with Crippen LogP contribution in [0.15, 0.2) is 41.4 Å². The summed E-state index contributed by atoms with van der Waals surface area (Å²) in [6.07, 6.45) is 5.04. The molecule has 0 atom stereocenters. The quantitative estimate of drug-likeness (QED) is 0.576. The molecule has 0 bridgehead atoms. The molecule has 1 aromatic carbocycles. The molecule has 0 N–H and O–H groups in total. The number of nitro groups is 1. The Labute approximate surface area is 164 Å². The zero-order chi connectivity index (χ0) is 19.7. The van der Waals surface area contributed by atoms with E-state index in [-0.39, 0.29) is 10.6 Å². The summed E-state index contributed by atoms with van der Waals surface area (Å²) in [5, 5.41) is 11.0. The van der Waals surface area contributed by atoms with Crippen molar-refractivity contribution in [2.45, 2.75) is 37.1 Å². The fourth-order valence-electron chi connectivity index (χ4n) is 3.82. The van der Waals surface area contributed by atoms with Crippen LogP contribution in [0.3, 0.4) is 0 Å². The maximum atomic E-state index is 12.7. The van der Waals surface area contributed by atoms with Gasteiger partial charge in [0.15, 0.2) is 0 Å². The first-order valence-corrected chi connectivity index (χ1v) is 10.9. The van der Waals surface area contributed by atoms with E-state index in [2.05, 4.69) is 4.98 Å². The Kier molecular flexibility index (Phi) is 5.03. The third kappa shape index (κ3) is 3.59. The van der Waals surface area contributed by atoms with E-state index in [0.717, 1.165) is 43.4 Å². The van der Waals surface area contributed by atoms with Crippen LogP contribution in [-0.2, 0) is 23.0 Å². The Bertz CT molecular complexity index is 985. The van der Waals surface area contributed by atoms with Crippen molar-refractivity contribution < 1.29 is 13.3 Å². The minimum atomic E-state index is -3.50. The molecule has 28 heavy (non-hydrogen) atoms. The zero-order valence-electron chi connectivity index (χ0n) is 15.5. The number of aromatic nitrogens is 1. The van der Waals surface area contributed by atoms with Crippen molar-refractivity contribution in [1.29, 1.82) is 0 Å². The Morgan fingerprint density at radius 3 is 2.46 bits per heavy atom. The first kappa shape index (κ1) is 18.8. The largest absolute Gasteiger partial charge is 0.352 e. The topological polar surface area (TPSA) is 96.7 Å². The van der Waals surface area contributed by atoms with Crippen LogP contribution in [0.1, 0.15) is 30.4 Å². The van der Waals surface area contributed by atoms with Crippen molar-refractivity contribution in [3.8, 4) is 0 Å². The molecule has 4 rings (SSSR count). The van der Waals surface area contributed by atoms with Gasteiger partial charge < -0.3 is 4.90 Å². The monoisotopic (exact) mass is 402 g/mol. The highest BCUT2D eigenvalue weighted by molar-refractivity contribution is 7.89. The number of nitrogens with zero attached hydrogens (tertiary/aromatic N) is 4. The van der Waals surface area contributed by atoms with Gasteiger partial charge in [-0.15, -0.1) is 0 Å². The number of non-ortho nitro benzene ring substituents is 1. The number of hydrogen-bond acceptors (Lipinski definition) is 6. The number of pyridine rings is 1. The summed E-state index contributed by atoms with van der Waals surface area (Å²) in [6.45, 7) is 2.37. The molecule has 9 heteroatoms. The number of rotatable bonds is 4. The van der Waals surface area contributed by atoms with Crippen molar-refractivity contribution in [1.82, 2.24) is 9.29 Å². The van der Waals surface area contributed by atoms with Gasteiger partial charge >= 0.3 is 0 Å². The maximum Gasteiger partial charge on any atom is 0.269 e. The number of sulfonamides is 1. The van der Waals surface area contributed by atoms with Crippen LogP contribution < -0.4 is 4.90 Å². The van der Waals surface area contributed by atoms with Crippen molar-refractivity contribution in [2.24, 2.45) is 0 Å². The third-order valence-electron chi connectivity index (χ3n) is 5.41. The number of fused-ring (bicyclic) bond motifs is 1. The van der Waals surface area contributed by atoms with E-state index in [1.54, 1.807) is 18.2 Å². The molecule has 0 spiro atoms. The Morgan fingerprint density at radius 2 is 1.79 bits per heavy atom. The molecule has 0 saturated carbocycles. The van der Waals surface area contributed by atoms with Crippen molar-refractivity contribution in [2.75, 3.05) is 24.5 Å². The molecule has 1 aromatic heterocycles. The minimum absolute atomic E-state index is 0.0801. The van der Waals surface area contributed by atoms with Crippen LogP contribution in [0.25, 0.3) is 0 Å². The SMILES string of the molecule is O=[N+]([O-])c1ccc2c(c1)CN(c1ccc(S(=O)(=O)N3CCCCC3)cn1)CC2. The highest BCUT2D eigenvalue weighted by atomic mass is 32.2. The van der Waals surface area contributed by atoms with Crippen molar-refractivity contribution >= 4 is 21.5 Å². The molecular weight excluding hydrogens is 380 g/mol. The number of nitro benzene ring substituents is 1. The lowest BCUT2D eigenvalue weighted by molar-refractivity contribution is -0.384. The first-order chi connectivity index (χ1) is 13.4. The van der Waals surface area contributed by atoms with E-state index in [1.165, 1.54) is 16.6 Å². The second-order valence-corrected chi connectivity index (χ2v) is 9.14. The van der Waals surface area contributed by atoms with Gasteiger partial charge in [0.05, 0.1) is 4.92 Å². The van der Waals surface area contributed by atoms with Crippen molar-refractivity contribution in [3.05, 3.63) is 57.8 Å². The fraction of sp³-hybridized carbons (Fsp3) is 0.421. The van der Waals surface area contributed by atoms with Gasteiger partial charge in [-0.2, -0.15) is 4.31 Å². The predicted octanol–water partition coefficient (Wildman–Crippen LogP) is 2.73. The van der Waals surface area contributed by atoms with Crippen LogP contribution in [0.4, 0.5) is 11.5 Å². The van der Waals surface area contributed by atoms with Gasteiger partial charge in [-0.25, -0.2) is 13.4 Å². The molecule has 1 fully saturated rings. The molecule has 2 aliphatic rings. The summed E-state index contributed by atoms with van der Waals surface area (Å²) in [5.41, 5.74) is 2.09. The van der Waals surface area contributed by atoms with Crippen LogP contribution >= 0.6 is 0 Å². The van der Waals surface area contributed by atoms with E-state index in [0.29, 0.717) is 25.5 Å². The molecule has 0 amide bonds. The zero-order valence-corrected chi connectivity index (χ0v) is 16.3. The van der Waals surface area contributed by atoms with Gasteiger partial charge in [0.25, 0.3) is 5.69 Å². The van der Waals surface area contributed by atoms with Crippen LogP contribution in [0.5, 0.6) is 0 Å². The number of piperidine rings is 1. The van der Waals surface area contributed by atoms with Gasteiger partial charge in [-0.3, -0.25) is 10.1 Å². The number of anilines is 1. The van der Waals surface area contributed by atoms with Gasteiger partial charge in [-0.05, 0) is 42.5 Å². The lowest BCUT2D eigenvalue weighted by Gasteiger charge is -2.30. The summed E-state index contributed by atoms with van der Waals surface area (Å²) in [7, 11) is -3.50. The lowest BCUT2D eigenvalue weighted by atomic mass is 9.99. The average molecular weight is 402 g/mol. The van der Waals surface area contributed by atoms with E-state index < -0.39 is 14.9 Å². The Morgan fingerprint density at radius 1 is 1.00 bits per heavy atom. The maximum absolute atomic E-state index is 12.7. The molecule has 0 unspecified atom stereocenters. The highest BCUT2D eigenvalue weighted by Gasteiger charge is 2.27. The normalized spacial score (nSPS) is 17.9. The summed E-state index contributed by atoms with van der Waals surface area (Å²) < 4.78 is 27.0. The van der Waals surface area contributed by atoms with E-state index >= 15 is 0 Å². The molecule has 0 aliphatic carbocycles. The Hall–Kier alpha value is -2.52. The molecule has 148 valence electrons. The Balaban J connectivity index is 1.53. The van der Waals surface area contributed by atoms with Gasteiger partial charge in [0.1, 0.15) is 10.7 Å². The van der Waals surface area contributed by atoms with Crippen LogP contribution in [0, 0.1) is 10.1 Å². The standard InChI is InChI=1S/C19H22N4O4S/c24-23(25)17-5-4-15-8-11-21(14-16(15)12-17)19-7-6-18(13-20-19)28(26,27)22-9-2-1-3-10-22/h4-7,12-13H,1-3,8-11,14H2. The summed E-state index contributed by atoms with van der Waals surface area (Å²) in [4.78, 5) is 17.2. The number of hydrogen-bond donors (Lipinski definition) is 0.